The van der Waals surface area contributed by atoms with Crippen molar-refractivity contribution >= 4 is 11.6 Å². The van der Waals surface area contributed by atoms with Crippen molar-refractivity contribution in [3.63, 3.8) is 0 Å². The van der Waals surface area contributed by atoms with E-state index in [2.05, 4.69) is 48.6 Å². The molecule has 2 aliphatic rings. The lowest BCUT2D eigenvalue weighted by atomic mass is 9.98. The van der Waals surface area contributed by atoms with Crippen molar-refractivity contribution in [1.29, 1.82) is 0 Å². The summed E-state index contributed by atoms with van der Waals surface area (Å²) < 4.78 is 0. The molecule has 1 heterocycles. The van der Waals surface area contributed by atoms with Gasteiger partial charge >= 0.3 is 0 Å². The Bertz CT molecular complexity index is 487. The summed E-state index contributed by atoms with van der Waals surface area (Å²) in [6.07, 6.45) is 0.955. The van der Waals surface area contributed by atoms with Crippen LogP contribution in [0, 0.1) is 11.8 Å². The zero-order chi connectivity index (χ0) is 12.0. The summed E-state index contributed by atoms with van der Waals surface area (Å²) in [5.74, 6) is 1.16. The van der Waals surface area contributed by atoms with Crippen LogP contribution in [0.25, 0.3) is 0 Å². The summed E-state index contributed by atoms with van der Waals surface area (Å²) in [7, 11) is 0. The van der Waals surface area contributed by atoms with Crippen LogP contribution in [-0.2, 0) is 4.79 Å². The third-order valence-electron chi connectivity index (χ3n) is 3.64. The van der Waals surface area contributed by atoms with Gasteiger partial charge < -0.3 is 0 Å². The van der Waals surface area contributed by atoms with E-state index in [4.69, 9.17) is 0 Å². The van der Waals surface area contributed by atoms with Crippen LogP contribution in [-0.4, -0.2) is 11.6 Å². The lowest BCUT2D eigenvalue weighted by molar-refractivity contribution is -0.122. The number of hydrogen-bond donors (Lipinski definition) is 1. The molecule has 1 fully saturated rings. The number of carbonyl (C=O) groups is 1. The summed E-state index contributed by atoms with van der Waals surface area (Å²) in [5.41, 5.74) is 6.13. The van der Waals surface area contributed by atoms with Crippen LogP contribution in [0.1, 0.15) is 37.3 Å². The third-order valence-corrected chi connectivity index (χ3v) is 3.64. The quantitative estimate of drug-likeness (QED) is 0.829. The second-order valence-corrected chi connectivity index (χ2v) is 5.20. The van der Waals surface area contributed by atoms with Gasteiger partial charge in [-0.2, -0.15) is 5.10 Å². The second-order valence-electron chi connectivity index (χ2n) is 5.20. The molecular formula is C14H16N2O. The number of carbonyl (C=O) groups excluding carboxylic acids is 1. The van der Waals surface area contributed by atoms with E-state index in [1.54, 1.807) is 0 Å². The van der Waals surface area contributed by atoms with Crippen LogP contribution in [0.5, 0.6) is 0 Å². The van der Waals surface area contributed by atoms with Crippen LogP contribution in [0.2, 0.25) is 0 Å². The molecule has 3 nitrogen and oxygen atoms in total. The van der Waals surface area contributed by atoms with Crippen LogP contribution in [0.15, 0.2) is 29.4 Å². The molecule has 0 bridgehead atoms. The first-order valence-corrected chi connectivity index (χ1v) is 6.14. The molecule has 1 N–H and O–H groups in total. The molecule has 1 aliphatic carbocycles. The molecule has 1 aromatic carbocycles. The molecule has 3 rings (SSSR count). The van der Waals surface area contributed by atoms with Crippen molar-refractivity contribution in [2.75, 3.05) is 0 Å². The number of hydrazone groups is 1. The van der Waals surface area contributed by atoms with E-state index in [9.17, 15) is 4.79 Å². The molecule has 88 valence electrons. The zero-order valence-electron chi connectivity index (χ0n) is 10.1. The second kappa shape index (κ2) is 3.69. The van der Waals surface area contributed by atoms with Gasteiger partial charge in [0.15, 0.2) is 0 Å². The van der Waals surface area contributed by atoms with Gasteiger partial charge in [0.05, 0.1) is 5.71 Å². The van der Waals surface area contributed by atoms with Crippen LogP contribution in [0.3, 0.4) is 0 Å². The Kier molecular flexibility index (Phi) is 2.28. The van der Waals surface area contributed by atoms with Gasteiger partial charge in [-0.25, -0.2) is 5.43 Å². The monoisotopic (exact) mass is 228 g/mol. The third kappa shape index (κ3) is 1.75. The molecule has 0 radical (unpaired) electrons. The Hall–Kier alpha value is -1.64. The van der Waals surface area contributed by atoms with Crippen molar-refractivity contribution in [3.05, 3.63) is 35.4 Å². The lowest BCUT2D eigenvalue weighted by Gasteiger charge is -2.12. The first kappa shape index (κ1) is 10.5. The van der Waals surface area contributed by atoms with E-state index in [-0.39, 0.29) is 11.8 Å². The van der Waals surface area contributed by atoms with E-state index >= 15 is 0 Å². The maximum Gasteiger partial charge on any atom is 0.243 e. The van der Waals surface area contributed by atoms with Crippen molar-refractivity contribution < 1.29 is 4.79 Å². The highest BCUT2D eigenvalue weighted by atomic mass is 16.2. The van der Waals surface area contributed by atoms with Gasteiger partial charge in [0.1, 0.15) is 0 Å². The molecule has 3 heteroatoms. The summed E-state index contributed by atoms with van der Waals surface area (Å²) in [4.78, 5) is 11.3. The number of benzene rings is 1. The van der Waals surface area contributed by atoms with E-state index in [1.165, 1.54) is 5.56 Å². The van der Waals surface area contributed by atoms with Crippen LogP contribution in [0.4, 0.5) is 0 Å². The molecule has 2 atom stereocenters. The van der Waals surface area contributed by atoms with Crippen molar-refractivity contribution in [1.82, 2.24) is 5.43 Å². The Labute approximate surface area is 101 Å². The molecule has 2 unspecified atom stereocenters. The van der Waals surface area contributed by atoms with Gasteiger partial charge in [-0.15, -0.1) is 0 Å². The average molecular weight is 228 g/mol. The highest BCUT2D eigenvalue weighted by Crippen LogP contribution is 2.43. The fourth-order valence-corrected chi connectivity index (χ4v) is 2.39. The lowest BCUT2D eigenvalue weighted by Crippen LogP contribution is -2.28. The first-order valence-electron chi connectivity index (χ1n) is 6.14. The molecule has 17 heavy (non-hydrogen) atoms. The fourth-order valence-electron chi connectivity index (χ4n) is 2.39. The van der Waals surface area contributed by atoms with Gasteiger partial charge in [-0.3, -0.25) is 4.79 Å². The smallest absolute Gasteiger partial charge is 0.243 e. The Balaban J connectivity index is 1.88. The summed E-state index contributed by atoms with van der Waals surface area (Å²) >= 11 is 0. The normalized spacial score (nSPS) is 26.3. The Morgan fingerprint density at radius 2 is 1.94 bits per heavy atom. The van der Waals surface area contributed by atoms with E-state index in [0.717, 1.165) is 17.7 Å². The number of nitrogens with zero attached hydrogens (tertiary/aromatic N) is 1. The summed E-state index contributed by atoms with van der Waals surface area (Å²) in [6, 6.07) is 8.52. The van der Waals surface area contributed by atoms with Crippen molar-refractivity contribution in [2.45, 2.75) is 26.2 Å². The molecule has 0 aromatic heterocycles. The maximum atomic E-state index is 11.3. The van der Waals surface area contributed by atoms with Gasteiger partial charge in [-0.1, -0.05) is 38.1 Å². The Morgan fingerprint density at radius 1 is 1.24 bits per heavy atom. The highest BCUT2D eigenvalue weighted by molar-refractivity contribution is 6.09. The topological polar surface area (TPSA) is 41.5 Å². The largest absolute Gasteiger partial charge is 0.273 e. The highest BCUT2D eigenvalue weighted by Gasteiger charge is 2.49. The SMILES string of the molecule is CC(C)c1ccc(C2=NNC(=O)C3CC23)cc1. The first-order chi connectivity index (χ1) is 8.16. The minimum Gasteiger partial charge on any atom is -0.273 e. The van der Waals surface area contributed by atoms with Crippen molar-refractivity contribution in [2.24, 2.45) is 16.9 Å². The van der Waals surface area contributed by atoms with Gasteiger partial charge in [-0.05, 0) is 23.5 Å². The molecule has 1 aliphatic heterocycles. The minimum atomic E-state index is 0.0811. The molecular weight excluding hydrogens is 212 g/mol. The summed E-state index contributed by atoms with van der Waals surface area (Å²) in [6.45, 7) is 4.37. The van der Waals surface area contributed by atoms with E-state index in [1.807, 2.05) is 0 Å². The predicted octanol–water partition coefficient (Wildman–Crippen LogP) is 2.28. The average Bonchev–Trinajstić information content (AvgIpc) is 3.10. The van der Waals surface area contributed by atoms with Gasteiger partial charge in [0.25, 0.3) is 0 Å². The molecule has 0 spiro atoms. The molecule has 1 amide bonds. The maximum absolute atomic E-state index is 11.3. The van der Waals surface area contributed by atoms with Crippen LogP contribution < -0.4 is 5.43 Å². The van der Waals surface area contributed by atoms with E-state index < -0.39 is 0 Å². The van der Waals surface area contributed by atoms with Crippen LogP contribution >= 0.6 is 0 Å². The number of rotatable bonds is 2. The zero-order valence-corrected chi connectivity index (χ0v) is 10.1. The number of hydrogen-bond acceptors (Lipinski definition) is 2. The number of amides is 1. The molecule has 1 saturated carbocycles. The molecule has 1 aromatic rings. The number of nitrogens with one attached hydrogen (secondary N) is 1. The van der Waals surface area contributed by atoms with Crippen molar-refractivity contribution in [3.8, 4) is 0 Å². The molecule has 0 saturated heterocycles. The van der Waals surface area contributed by atoms with Gasteiger partial charge in [0.2, 0.25) is 5.91 Å². The van der Waals surface area contributed by atoms with Gasteiger partial charge in [0, 0.05) is 11.8 Å². The van der Waals surface area contributed by atoms with E-state index in [0.29, 0.717) is 11.8 Å². The Morgan fingerprint density at radius 3 is 2.59 bits per heavy atom. The fraction of sp³-hybridized carbons (Fsp3) is 0.429. The standard InChI is InChI=1S/C14H16N2O/c1-8(2)9-3-5-10(6-4-9)13-11-7-12(11)14(17)16-15-13/h3-6,8,11-12H,7H2,1-2H3,(H,16,17). The number of fused-ring (bicyclic) bond motifs is 1. The minimum absolute atomic E-state index is 0.0811. The summed E-state index contributed by atoms with van der Waals surface area (Å²) in [5, 5.41) is 4.20. The predicted molar refractivity (Wildman–Crippen MR) is 66.8 cm³/mol.